The van der Waals surface area contributed by atoms with Crippen LogP contribution in [-0.4, -0.2) is 52.3 Å². The van der Waals surface area contributed by atoms with Gasteiger partial charge in [0.15, 0.2) is 0 Å². The Kier molecular flexibility index (Phi) is 4.64. The number of aromatic nitrogens is 2. The van der Waals surface area contributed by atoms with Crippen LogP contribution >= 0.6 is 11.3 Å². The predicted molar refractivity (Wildman–Crippen MR) is 115 cm³/mol. The highest BCUT2D eigenvalue weighted by atomic mass is 32.1. The topological polar surface area (TPSA) is 53.2 Å². The Morgan fingerprint density at radius 2 is 2.10 bits per heavy atom. The molecule has 0 unspecified atom stereocenters. The van der Waals surface area contributed by atoms with Crippen molar-refractivity contribution in [2.24, 2.45) is 0 Å². The lowest BCUT2D eigenvalue weighted by Crippen LogP contribution is -2.50. The molecule has 0 saturated carbocycles. The molecule has 2 atom stereocenters. The Morgan fingerprint density at radius 3 is 2.83 bits per heavy atom. The van der Waals surface area contributed by atoms with E-state index >= 15 is 0 Å². The second-order valence-corrected chi connectivity index (χ2v) is 9.86. The van der Waals surface area contributed by atoms with Crippen LogP contribution in [0.3, 0.4) is 0 Å². The number of H-pyrrole nitrogens is 1. The van der Waals surface area contributed by atoms with E-state index in [9.17, 15) is 4.39 Å². The fourth-order valence-corrected chi connectivity index (χ4v) is 5.39. The monoisotopic (exact) mass is 414 g/mol. The van der Waals surface area contributed by atoms with Crippen LogP contribution in [0.25, 0.3) is 10.9 Å². The third kappa shape index (κ3) is 3.56. The Balaban J connectivity index is 1.58. The molecule has 2 aliphatic heterocycles. The van der Waals surface area contributed by atoms with Crippen LogP contribution in [0.2, 0.25) is 0 Å². The summed E-state index contributed by atoms with van der Waals surface area (Å²) in [4.78, 5) is 11.5. The lowest BCUT2D eigenvalue weighted by molar-refractivity contribution is 0.0678. The Hall–Kier alpha value is -1.96. The number of nitrogens with zero attached hydrogens (tertiary/aromatic N) is 2. The first-order valence-corrected chi connectivity index (χ1v) is 11.1. The first kappa shape index (κ1) is 19.0. The number of alkyl halides is 1. The van der Waals surface area contributed by atoms with Crippen LogP contribution in [-0.2, 0) is 6.42 Å². The number of ether oxygens (including phenoxy) is 1. The summed E-state index contributed by atoms with van der Waals surface area (Å²) in [7, 11) is 0. The number of para-hydroxylation sites is 1. The standard InChI is InChI=1S/C22H27FN4OS/c1-13-8-16-15-6-4-5-7-17(15)26-19(16)20(27(13)12-22(2,3)23)18-11-25-21(29-18)28-14-9-24-10-14/h4-7,11,13-14,20,24,26H,8-10,12H2,1-3H3/t13-,20-/m1/s1. The smallest absolute Gasteiger partial charge is 0.273 e. The Morgan fingerprint density at radius 1 is 1.31 bits per heavy atom. The van der Waals surface area contributed by atoms with Crippen molar-refractivity contribution >= 4 is 22.2 Å². The van der Waals surface area contributed by atoms with Crippen LogP contribution in [0.15, 0.2) is 30.5 Å². The van der Waals surface area contributed by atoms with Crippen molar-refractivity contribution < 1.29 is 9.13 Å². The van der Waals surface area contributed by atoms with Crippen LogP contribution in [0.4, 0.5) is 4.39 Å². The predicted octanol–water partition coefficient (Wildman–Crippen LogP) is 4.06. The third-order valence-corrected chi connectivity index (χ3v) is 6.80. The molecule has 0 bridgehead atoms. The molecule has 1 fully saturated rings. The fourth-order valence-electron chi connectivity index (χ4n) is 4.43. The van der Waals surface area contributed by atoms with E-state index in [-0.39, 0.29) is 18.2 Å². The molecule has 2 aliphatic rings. The summed E-state index contributed by atoms with van der Waals surface area (Å²) in [5.41, 5.74) is 2.36. The summed E-state index contributed by atoms with van der Waals surface area (Å²) in [5.74, 6) is 0. The SMILES string of the molecule is C[C@@H]1Cc2c([nH]c3ccccc23)[C@@H](c2cnc(OC3CNC3)s2)N1CC(C)(C)F. The van der Waals surface area contributed by atoms with Gasteiger partial charge < -0.3 is 15.0 Å². The van der Waals surface area contributed by atoms with Gasteiger partial charge in [-0.25, -0.2) is 9.37 Å². The van der Waals surface area contributed by atoms with E-state index in [2.05, 4.69) is 51.4 Å². The van der Waals surface area contributed by atoms with Crippen molar-refractivity contribution in [2.75, 3.05) is 19.6 Å². The van der Waals surface area contributed by atoms with Crippen LogP contribution < -0.4 is 10.1 Å². The molecule has 1 aromatic carbocycles. The van der Waals surface area contributed by atoms with Gasteiger partial charge in [0, 0.05) is 48.5 Å². The molecule has 7 heteroatoms. The van der Waals surface area contributed by atoms with E-state index in [1.807, 2.05) is 6.20 Å². The van der Waals surface area contributed by atoms with Gasteiger partial charge in [0.25, 0.3) is 5.19 Å². The quantitative estimate of drug-likeness (QED) is 0.661. The molecule has 2 N–H and O–H groups in total. The molecular formula is C22H27FN4OS. The molecular weight excluding hydrogens is 387 g/mol. The van der Waals surface area contributed by atoms with Crippen molar-refractivity contribution in [1.82, 2.24) is 20.2 Å². The van der Waals surface area contributed by atoms with E-state index in [0.29, 0.717) is 11.7 Å². The average Bonchev–Trinajstić information content (AvgIpc) is 3.22. The number of halogens is 1. The average molecular weight is 415 g/mol. The number of thiazole rings is 1. The normalized spacial score (nSPS) is 23.2. The van der Waals surface area contributed by atoms with Gasteiger partial charge in [-0.05, 0) is 38.8 Å². The van der Waals surface area contributed by atoms with Gasteiger partial charge in [-0.2, -0.15) is 0 Å². The van der Waals surface area contributed by atoms with Gasteiger partial charge in [-0.1, -0.05) is 29.5 Å². The van der Waals surface area contributed by atoms with E-state index in [1.54, 1.807) is 25.2 Å². The van der Waals surface area contributed by atoms with Crippen molar-refractivity contribution in [3.8, 4) is 5.19 Å². The summed E-state index contributed by atoms with van der Waals surface area (Å²) in [6.07, 6.45) is 3.01. The molecule has 0 spiro atoms. The highest BCUT2D eigenvalue weighted by Gasteiger charge is 2.39. The minimum absolute atomic E-state index is 0.0504. The van der Waals surface area contributed by atoms with Crippen molar-refractivity contribution in [3.63, 3.8) is 0 Å². The molecule has 3 aromatic rings. The molecule has 1 saturated heterocycles. The lowest BCUT2D eigenvalue weighted by Gasteiger charge is -2.42. The number of nitrogens with one attached hydrogen (secondary N) is 2. The highest BCUT2D eigenvalue weighted by Crippen LogP contribution is 2.44. The second-order valence-electron chi connectivity index (χ2n) is 8.84. The van der Waals surface area contributed by atoms with E-state index in [4.69, 9.17) is 4.74 Å². The molecule has 2 aromatic heterocycles. The lowest BCUT2D eigenvalue weighted by atomic mass is 9.90. The summed E-state index contributed by atoms with van der Waals surface area (Å²) in [6.45, 7) is 7.61. The van der Waals surface area contributed by atoms with E-state index in [0.717, 1.165) is 35.6 Å². The zero-order valence-corrected chi connectivity index (χ0v) is 17.9. The summed E-state index contributed by atoms with van der Waals surface area (Å²) in [6, 6.07) is 8.60. The molecule has 5 nitrogen and oxygen atoms in total. The zero-order valence-electron chi connectivity index (χ0n) is 17.0. The molecule has 29 heavy (non-hydrogen) atoms. The number of hydrogen-bond acceptors (Lipinski definition) is 5. The van der Waals surface area contributed by atoms with Crippen molar-refractivity contribution in [2.45, 2.75) is 51.0 Å². The fraction of sp³-hybridized carbons (Fsp3) is 0.500. The van der Waals surface area contributed by atoms with E-state index < -0.39 is 5.67 Å². The van der Waals surface area contributed by atoms with Crippen LogP contribution in [0.1, 0.15) is 42.9 Å². The number of fused-ring (bicyclic) bond motifs is 3. The molecule has 0 aliphatic carbocycles. The highest BCUT2D eigenvalue weighted by molar-refractivity contribution is 7.13. The van der Waals surface area contributed by atoms with Gasteiger partial charge in [-0.3, -0.25) is 4.90 Å². The maximum Gasteiger partial charge on any atom is 0.273 e. The maximum absolute atomic E-state index is 14.8. The van der Waals surface area contributed by atoms with Gasteiger partial charge in [-0.15, -0.1) is 0 Å². The molecule has 5 rings (SSSR count). The molecule has 154 valence electrons. The zero-order chi connectivity index (χ0) is 20.2. The first-order chi connectivity index (χ1) is 13.9. The maximum atomic E-state index is 14.8. The Bertz CT molecular complexity index is 1020. The van der Waals surface area contributed by atoms with Gasteiger partial charge in [0.1, 0.15) is 11.8 Å². The number of benzene rings is 1. The molecule has 4 heterocycles. The molecule has 0 amide bonds. The summed E-state index contributed by atoms with van der Waals surface area (Å²) in [5, 5.41) is 5.18. The van der Waals surface area contributed by atoms with Crippen LogP contribution in [0, 0.1) is 0 Å². The van der Waals surface area contributed by atoms with E-state index in [1.165, 1.54) is 10.9 Å². The number of rotatable bonds is 5. The van der Waals surface area contributed by atoms with Crippen molar-refractivity contribution in [3.05, 3.63) is 46.6 Å². The summed E-state index contributed by atoms with van der Waals surface area (Å²) < 4.78 is 20.7. The van der Waals surface area contributed by atoms with Gasteiger partial charge in [0.2, 0.25) is 0 Å². The number of hydrogen-bond donors (Lipinski definition) is 2. The second kappa shape index (κ2) is 7.07. The summed E-state index contributed by atoms with van der Waals surface area (Å²) >= 11 is 1.58. The Labute approximate surface area is 174 Å². The first-order valence-electron chi connectivity index (χ1n) is 10.3. The van der Waals surface area contributed by atoms with Gasteiger partial charge >= 0.3 is 0 Å². The third-order valence-electron chi connectivity index (χ3n) is 5.86. The largest absolute Gasteiger partial charge is 0.464 e. The van der Waals surface area contributed by atoms with Crippen molar-refractivity contribution in [1.29, 1.82) is 0 Å². The minimum Gasteiger partial charge on any atom is -0.464 e. The van der Waals surface area contributed by atoms with Gasteiger partial charge in [0.05, 0.1) is 10.9 Å². The van der Waals surface area contributed by atoms with Crippen LogP contribution in [0.5, 0.6) is 5.19 Å². The number of aromatic amines is 1. The minimum atomic E-state index is -1.28. The molecule has 0 radical (unpaired) electrons.